The van der Waals surface area contributed by atoms with Gasteiger partial charge in [-0.3, -0.25) is 0 Å². The number of aliphatic carboxylic acids is 1. The van der Waals surface area contributed by atoms with Gasteiger partial charge in [0.1, 0.15) is 0 Å². The van der Waals surface area contributed by atoms with Crippen molar-refractivity contribution in [1.82, 2.24) is 4.98 Å². The van der Waals surface area contributed by atoms with Crippen LogP contribution in [0.25, 0.3) is 0 Å². The molecule has 0 amide bonds. The van der Waals surface area contributed by atoms with Crippen LogP contribution < -0.4 is 0 Å². The molecule has 0 saturated carbocycles. The van der Waals surface area contributed by atoms with Crippen molar-refractivity contribution in [3.05, 3.63) is 29.8 Å². The number of carboxylic acids is 1. The molecule has 4 heteroatoms. The van der Waals surface area contributed by atoms with Crippen LogP contribution in [0.5, 0.6) is 0 Å². The summed E-state index contributed by atoms with van der Waals surface area (Å²) in [5, 5.41) is 8.16. The Hall–Kier alpha value is -1.89. The maximum atomic E-state index is 12.2. The molecule has 0 bridgehead atoms. The van der Waals surface area contributed by atoms with Crippen LogP contribution in [0, 0.1) is 17.8 Å². The topological polar surface area (TPSA) is 50.2 Å². The molecule has 0 aliphatic rings. The lowest BCUT2D eigenvalue weighted by Crippen LogP contribution is -1.88. The minimum atomic E-state index is -1.22. The second-order valence-corrected chi connectivity index (χ2v) is 1.92. The molecule has 0 aromatic carbocycles. The molecule has 0 radical (unpaired) electrons. The number of hydrogen-bond acceptors (Lipinski definition) is 2. The highest BCUT2D eigenvalue weighted by Gasteiger charge is 1.90. The van der Waals surface area contributed by atoms with Gasteiger partial charge in [-0.2, -0.15) is 4.39 Å². The van der Waals surface area contributed by atoms with Gasteiger partial charge in [0.25, 0.3) is 0 Å². The molecule has 1 aromatic heterocycles. The first kappa shape index (κ1) is 8.21. The number of hydrogen-bond donors (Lipinski definition) is 1. The number of pyridine rings is 1. The second-order valence-electron chi connectivity index (χ2n) is 1.92. The zero-order valence-corrected chi connectivity index (χ0v) is 5.91. The summed E-state index contributed by atoms with van der Waals surface area (Å²) in [4.78, 5) is 13.3. The molecule has 0 fully saturated rings. The van der Waals surface area contributed by atoms with E-state index in [2.05, 4.69) is 10.9 Å². The first-order valence-corrected chi connectivity index (χ1v) is 3.05. The minimum Gasteiger partial charge on any atom is -0.472 e. The third kappa shape index (κ3) is 2.39. The highest BCUT2D eigenvalue weighted by Crippen LogP contribution is 1.95. The normalized spacial score (nSPS) is 8.42. The van der Waals surface area contributed by atoms with Gasteiger partial charge < -0.3 is 5.11 Å². The summed E-state index contributed by atoms with van der Waals surface area (Å²) in [6, 6.07) is 2.48. The Kier molecular flexibility index (Phi) is 2.38. The number of carboxylic acid groups (broad SMARTS) is 1. The van der Waals surface area contributed by atoms with Crippen LogP contribution in [-0.2, 0) is 4.79 Å². The van der Waals surface area contributed by atoms with Crippen molar-refractivity contribution in [3.63, 3.8) is 0 Å². The van der Waals surface area contributed by atoms with E-state index in [0.29, 0.717) is 5.56 Å². The minimum absolute atomic E-state index is 0.374. The number of halogens is 1. The van der Waals surface area contributed by atoms with E-state index < -0.39 is 11.9 Å². The van der Waals surface area contributed by atoms with E-state index in [4.69, 9.17) is 5.11 Å². The predicted octanol–water partition coefficient (Wildman–Crippen LogP) is 0.657. The van der Waals surface area contributed by atoms with E-state index in [1.165, 1.54) is 12.3 Å². The van der Waals surface area contributed by atoms with E-state index in [1.54, 1.807) is 0 Å². The van der Waals surface area contributed by atoms with Gasteiger partial charge in [-0.15, -0.1) is 0 Å². The Bertz CT molecular complexity index is 348. The molecule has 0 spiro atoms. The Morgan fingerprint density at radius 1 is 1.58 bits per heavy atom. The van der Waals surface area contributed by atoms with Crippen LogP contribution in [0.3, 0.4) is 0 Å². The van der Waals surface area contributed by atoms with E-state index in [1.807, 2.05) is 5.92 Å². The van der Waals surface area contributed by atoms with Crippen molar-refractivity contribution < 1.29 is 14.3 Å². The molecule has 0 saturated heterocycles. The maximum Gasteiger partial charge on any atom is 0.382 e. The lowest BCUT2D eigenvalue weighted by molar-refractivity contribution is -0.130. The molecule has 3 nitrogen and oxygen atoms in total. The molecule has 1 rings (SSSR count). The third-order valence-electron chi connectivity index (χ3n) is 1.04. The maximum absolute atomic E-state index is 12.2. The zero-order chi connectivity index (χ0) is 8.97. The van der Waals surface area contributed by atoms with E-state index in [9.17, 15) is 9.18 Å². The average molecular weight is 165 g/mol. The lowest BCUT2D eigenvalue weighted by atomic mass is 10.3. The van der Waals surface area contributed by atoms with Gasteiger partial charge in [0.2, 0.25) is 5.95 Å². The largest absolute Gasteiger partial charge is 0.472 e. The van der Waals surface area contributed by atoms with Crippen molar-refractivity contribution >= 4 is 5.97 Å². The first-order chi connectivity index (χ1) is 5.68. The van der Waals surface area contributed by atoms with Crippen LogP contribution in [0.4, 0.5) is 4.39 Å². The molecule has 0 aliphatic heterocycles. The SMILES string of the molecule is O=C(O)C#Cc1ccc(F)nc1. The Labute approximate surface area is 67.9 Å². The fraction of sp³-hybridized carbons (Fsp3) is 0. The molecule has 1 aromatic rings. The van der Waals surface area contributed by atoms with Crippen LogP contribution in [-0.4, -0.2) is 16.1 Å². The molecule has 1 N–H and O–H groups in total. The predicted molar refractivity (Wildman–Crippen MR) is 38.7 cm³/mol. The lowest BCUT2D eigenvalue weighted by Gasteiger charge is -1.86. The van der Waals surface area contributed by atoms with Gasteiger partial charge in [0.05, 0.1) is 0 Å². The highest BCUT2D eigenvalue weighted by molar-refractivity contribution is 5.87. The summed E-state index contributed by atoms with van der Waals surface area (Å²) in [6.07, 6.45) is 1.17. The average Bonchev–Trinajstić information content (AvgIpc) is 2.03. The molecule has 60 valence electrons. The third-order valence-corrected chi connectivity index (χ3v) is 1.04. The summed E-state index contributed by atoms with van der Waals surface area (Å²) in [5.41, 5.74) is 0.374. The van der Waals surface area contributed by atoms with Crippen LogP contribution in [0.1, 0.15) is 5.56 Å². The molecule has 1 heterocycles. The molecular formula is C8H4FNO2. The summed E-state index contributed by atoms with van der Waals surface area (Å²) < 4.78 is 12.2. The molecule has 12 heavy (non-hydrogen) atoms. The van der Waals surface area contributed by atoms with E-state index in [0.717, 1.165) is 6.07 Å². The van der Waals surface area contributed by atoms with Crippen molar-refractivity contribution in [2.75, 3.05) is 0 Å². The highest BCUT2D eigenvalue weighted by atomic mass is 19.1. The quantitative estimate of drug-likeness (QED) is 0.453. The van der Waals surface area contributed by atoms with Gasteiger partial charge in [0, 0.05) is 17.7 Å². The first-order valence-electron chi connectivity index (χ1n) is 3.05. The van der Waals surface area contributed by atoms with Crippen LogP contribution >= 0.6 is 0 Å². The van der Waals surface area contributed by atoms with Crippen molar-refractivity contribution in [1.29, 1.82) is 0 Å². The number of nitrogens with zero attached hydrogens (tertiary/aromatic N) is 1. The fourth-order valence-electron chi connectivity index (χ4n) is 0.575. The van der Waals surface area contributed by atoms with Gasteiger partial charge >= 0.3 is 5.97 Å². The van der Waals surface area contributed by atoms with Crippen molar-refractivity contribution in [3.8, 4) is 11.8 Å². The molecular weight excluding hydrogens is 161 g/mol. The standard InChI is InChI=1S/C8H4FNO2/c9-7-3-1-6(5-10-7)2-4-8(11)12/h1,3,5H,(H,11,12). The zero-order valence-electron chi connectivity index (χ0n) is 5.91. The molecule has 0 unspecified atom stereocenters. The Morgan fingerprint density at radius 2 is 2.33 bits per heavy atom. The smallest absolute Gasteiger partial charge is 0.382 e. The summed E-state index contributed by atoms with van der Waals surface area (Å²) in [7, 11) is 0. The fourth-order valence-corrected chi connectivity index (χ4v) is 0.575. The van der Waals surface area contributed by atoms with Gasteiger partial charge in [-0.1, -0.05) is 5.92 Å². The van der Waals surface area contributed by atoms with E-state index in [-0.39, 0.29) is 0 Å². The van der Waals surface area contributed by atoms with Crippen LogP contribution in [0.15, 0.2) is 18.3 Å². The second kappa shape index (κ2) is 3.49. The Morgan fingerprint density at radius 3 is 2.83 bits per heavy atom. The van der Waals surface area contributed by atoms with Crippen molar-refractivity contribution in [2.45, 2.75) is 0 Å². The Balaban J connectivity index is 2.86. The summed E-state index contributed by atoms with van der Waals surface area (Å²) in [6.45, 7) is 0. The molecule has 0 aliphatic carbocycles. The van der Waals surface area contributed by atoms with E-state index >= 15 is 0 Å². The number of rotatable bonds is 0. The number of carbonyl (C=O) groups is 1. The monoisotopic (exact) mass is 165 g/mol. The van der Waals surface area contributed by atoms with Crippen molar-refractivity contribution in [2.24, 2.45) is 0 Å². The van der Waals surface area contributed by atoms with Gasteiger partial charge in [-0.05, 0) is 12.1 Å². The summed E-state index contributed by atoms with van der Waals surface area (Å²) >= 11 is 0. The summed E-state index contributed by atoms with van der Waals surface area (Å²) in [5.74, 6) is 2.34. The van der Waals surface area contributed by atoms with Crippen LogP contribution in [0.2, 0.25) is 0 Å². The number of aromatic nitrogens is 1. The molecule has 0 atom stereocenters. The van der Waals surface area contributed by atoms with Gasteiger partial charge in [-0.25, -0.2) is 9.78 Å². The van der Waals surface area contributed by atoms with Gasteiger partial charge in [0.15, 0.2) is 0 Å².